The maximum Gasteiger partial charge on any atom is 0.235 e. The Hall–Kier alpha value is -2.73. The van der Waals surface area contributed by atoms with Crippen LogP contribution in [0.5, 0.6) is 11.5 Å². The Labute approximate surface area is 170 Å². The lowest BCUT2D eigenvalue weighted by Crippen LogP contribution is -2.36. The maximum atomic E-state index is 13.1. The SMILES string of the molecule is CC(C)(CO)C1=CC2=CC(NC(=O)C3(c4ccc5c(c4)OCO5)CC3)=CCC2N1. The van der Waals surface area contributed by atoms with Gasteiger partial charge < -0.3 is 25.2 Å². The van der Waals surface area contributed by atoms with Crippen LogP contribution in [0.3, 0.4) is 0 Å². The molecule has 2 aliphatic carbocycles. The average Bonchev–Trinajstić information content (AvgIpc) is 3.20. The summed E-state index contributed by atoms with van der Waals surface area (Å²) in [5.41, 5.74) is 3.22. The first-order valence-corrected chi connectivity index (χ1v) is 10.1. The van der Waals surface area contributed by atoms with Gasteiger partial charge in [-0.25, -0.2) is 0 Å². The van der Waals surface area contributed by atoms with E-state index in [2.05, 4.69) is 22.8 Å². The summed E-state index contributed by atoms with van der Waals surface area (Å²) in [6, 6.07) is 6.00. The average molecular weight is 394 g/mol. The highest BCUT2D eigenvalue weighted by Gasteiger charge is 2.52. The van der Waals surface area contributed by atoms with E-state index < -0.39 is 5.41 Å². The summed E-state index contributed by atoms with van der Waals surface area (Å²) in [6.45, 7) is 4.35. The van der Waals surface area contributed by atoms with Crippen molar-refractivity contribution in [2.45, 2.75) is 44.6 Å². The zero-order valence-electron chi connectivity index (χ0n) is 16.7. The van der Waals surface area contributed by atoms with Crippen molar-refractivity contribution in [2.75, 3.05) is 13.4 Å². The second-order valence-corrected chi connectivity index (χ2v) is 8.94. The molecule has 0 spiro atoms. The van der Waals surface area contributed by atoms with Gasteiger partial charge in [-0.2, -0.15) is 0 Å². The van der Waals surface area contributed by atoms with Gasteiger partial charge >= 0.3 is 0 Å². The van der Waals surface area contributed by atoms with Gasteiger partial charge in [0.25, 0.3) is 0 Å². The fraction of sp³-hybridized carbons (Fsp3) is 0.435. The Morgan fingerprint density at radius 1 is 1.28 bits per heavy atom. The number of nitrogens with one attached hydrogen (secondary N) is 2. The standard InChI is InChI=1S/C23H26N2O4/c1-22(2,12-26)20-10-14-9-16(4-5-17(14)25-20)24-21(27)23(7-8-23)15-3-6-18-19(11-15)29-13-28-18/h3-4,6,9-11,17,25-26H,5,7-8,12-13H2,1-2H3,(H,24,27). The lowest BCUT2D eigenvalue weighted by Gasteiger charge is -2.26. The second kappa shape index (κ2) is 6.39. The quantitative estimate of drug-likeness (QED) is 0.716. The van der Waals surface area contributed by atoms with Gasteiger partial charge in [0.2, 0.25) is 12.7 Å². The second-order valence-electron chi connectivity index (χ2n) is 8.94. The van der Waals surface area contributed by atoms with E-state index in [1.807, 2.05) is 38.1 Å². The van der Waals surface area contributed by atoms with E-state index in [0.717, 1.165) is 47.5 Å². The highest BCUT2D eigenvalue weighted by atomic mass is 16.7. The number of hydrogen-bond acceptors (Lipinski definition) is 5. The Bertz CT molecular complexity index is 969. The molecule has 3 N–H and O–H groups in total. The van der Waals surface area contributed by atoms with Crippen molar-refractivity contribution in [3.8, 4) is 11.5 Å². The monoisotopic (exact) mass is 394 g/mol. The predicted octanol–water partition coefficient (Wildman–Crippen LogP) is 2.65. The van der Waals surface area contributed by atoms with Crippen molar-refractivity contribution in [1.29, 1.82) is 0 Å². The van der Waals surface area contributed by atoms with E-state index in [1.165, 1.54) is 0 Å². The first-order chi connectivity index (χ1) is 13.9. The number of hydrogen-bond donors (Lipinski definition) is 3. The van der Waals surface area contributed by atoms with Gasteiger partial charge in [-0.15, -0.1) is 0 Å². The molecular weight excluding hydrogens is 368 g/mol. The summed E-state index contributed by atoms with van der Waals surface area (Å²) in [7, 11) is 0. The van der Waals surface area contributed by atoms with Crippen LogP contribution in [0, 0.1) is 5.41 Å². The van der Waals surface area contributed by atoms with E-state index in [1.54, 1.807) is 0 Å². The molecule has 0 aromatic heterocycles. The van der Waals surface area contributed by atoms with Gasteiger partial charge in [-0.3, -0.25) is 4.79 Å². The number of amides is 1. The molecule has 2 aliphatic heterocycles. The molecule has 1 fully saturated rings. The lowest BCUT2D eigenvalue weighted by atomic mass is 9.90. The van der Waals surface area contributed by atoms with Gasteiger partial charge in [0.15, 0.2) is 11.5 Å². The molecule has 1 amide bonds. The van der Waals surface area contributed by atoms with E-state index in [0.29, 0.717) is 5.75 Å². The zero-order chi connectivity index (χ0) is 20.2. The van der Waals surface area contributed by atoms with Gasteiger partial charge in [0.05, 0.1) is 18.1 Å². The van der Waals surface area contributed by atoms with E-state index >= 15 is 0 Å². The van der Waals surface area contributed by atoms with Crippen LogP contribution >= 0.6 is 0 Å². The smallest absolute Gasteiger partial charge is 0.235 e. The number of rotatable bonds is 5. The number of allylic oxidation sites excluding steroid dienone is 1. The van der Waals surface area contributed by atoms with Crippen LogP contribution in [-0.2, 0) is 10.2 Å². The third-order valence-electron chi connectivity index (χ3n) is 6.43. The zero-order valence-corrected chi connectivity index (χ0v) is 16.7. The summed E-state index contributed by atoms with van der Waals surface area (Å²) in [5.74, 6) is 1.48. The normalized spacial score (nSPS) is 23.4. The van der Waals surface area contributed by atoms with Crippen LogP contribution in [0.25, 0.3) is 0 Å². The molecule has 6 heteroatoms. The van der Waals surface area contributed by atoms with Crippen molar-refractivity contribution < 1.29 is 19.4 Å². The number of aliphatic hydroxyl groups excluding tert-OH is 1. The fourth-order valence-electron chi connectivity index (χ4n) is 4.18. The maximum absolute atomic E-state index is 13.1. The van der Waals surface area contributed by atoms with E-state index in [9.17, 15) is 9.90 Å². The Morgan fingerprint density at radius 2 is 2.07 bits per heavy atom. The first-order valence-electron chi connectivity index (χ1n) is 10.1. The first kappa shape index (κ1) is 18.3. The van der Waals surface area contributed by atoms with Crippen LogP contribution in [0.15, 0.2) is 53.4 Å². The largest absolute Gasteiger partial charge is 0.454 e. The molecule has 1 aromatic carbocycles. The lowest BCUT2D eigenvalue weighted by molar-refractivity contribution is -0.122. The number of ether oxygens (including phenoxy) is 2. The molecule has 5 rings (SSSR count). The molecule has 1 atom stereocenters. The highest BCUT2D eigenvalue weighted by Crippen LogP contribution is 2.50. The van der Waals surface area contributed by atoms with Gasteiger partial charge in [-0.1, -0.05) is 26.0 Å². The van der Waals surface area contributed by atoms with Crippen molar-refractivity contribution in [3.63, 3.8) is 0 Å². The number of carbonyl (C=O) groups excluding carboxylic acids is 1. The summed E-state index contributed by atoms with van der Waals surface area (Å²) in [6.07, 6.45) is 8.68. The molecule has 1 unspecified atom stereocenters. The Morgan fingerprint density at radius 3 is 2.83 bits per heavy atom. The molecule has 0 saturated heterocycles. The summed E-state index contributed by atoms with van der Waals surface area (Å²) >= 11 is 0. The molecule has 1 aromatic rings. The number of aliphatic hydroxyl groups is 1. The minimum Gasteiger partial charge on any atom is -0.454 e. The Kier molecular flexibility index (Phi) is 4.03. The van der Waals surface area contributed by atoms with Crippen molar-refractivity contribution in [2.24, 2.45) is 5.41 Å². The summed E-state index contributed by atoms with van der Waals surface area (Å²) in [4.78, 5) is 13.1. The molecular formula is C23H26N2O4. The van der Waals surface area contributed by atoms with Crippen LogP contribution in [0.1, 0.15) is 38.7 Å². The van der Waals surface area contributed by atoms with Crippen LogP contribution in [0.2, 0.25) is 0 Å². The van der Waals surface area contributed by atoms with Crippen molar-refractivity contribution >= 4 is 5.91 Å². The predicted molar refractivity (Wildman–Crippen MR) is 108 cm³/mol. The minimum atomic E-state index is -0.481. The topological polar surface area (TPSA) is 79.8 Å². The van der Waals surface area contributed by atoms with Crippen molar-refractivity contribution in [3.05, 3.63) is 59.0 Å². The highest BCUT2D eigenvalue weighted by molar-refractivity contribution is 5.93. The molecule has 0 radical (unpaired) electrons. The van der Waals surface area contributed by atoms with Gasteiger partial charge in [0.1, 0.15) is 0 Å². The third-order valence-corrected chi connectivity index (χ3v) is 6.43. The van der Waals surface area contributed by atoms with Crippen LogP contribution in [0.4, 0.5) is 0 Å². The molecule has 152 valence electrons. The van der Waals surface area contributed by atoms with E-state index in [4.69, 9.17) is 9.47 Å². The van der Waals surface area contributed by atoms with E-state index in [-0.39, 0.29) is 30.8 Å². The summed E-state index contributed by atoms with van der Waals surface area (Å²) in [5, 5.41) is 16.3. The minimum absolute atomic E-state index is 0.0313. The van der Waals surface area contributed by atoms with Crippen molar-refractivity contribution in [1.82, 2.24) is 10.6 Å². The summed E-state index contributed by atoms with van der Waals surface area (Å²) < 4.78 is 10.9. The molecule has 1 saturated carbocycles. The molecule has 2 heterocycles. The third kappa shape index (κ3) is 3.02. The van der Waals surface area contributed by atoms with Gasteiger partial charge in [0, 0.05) is 16.8 Å². The molecule has 4 aliphatic rings. The van der Waals surface area contributed by atoms with Crippen LogP contribution < -0.4 is 20.1 Å². The number of carbonyl (C=O) groups is 1. The molecule has 0 bridgehead atoms. The van der Waals surface area contributed by atoms with Crippen LogP contribution in [-0.4, -0.2) is 30.5 Å². The van der Waals surface area contributed by atoms with Gasteiger partial charge in [-0.05, 0) is 54.7 Å². The number of fused-ring (bicyclic) bond motifs is 2. The molecule has 6 nitrogen and oxygen atoms in total. The fourth-order valence-corrected chi connectivity index (χ4v) is 4.18. The molecule has 29 heavy (non-hydrogen) atoms. The number of benzene rings is 1. The Balaban J connectivity index is 1.33.